The average molecular weight is 420 g/mol. The Labute approximate surface area is 130 Å². The smallest absolute Gasteiger partial charge is 0.318 e. The summed E-state index contributed by atoms with van der Waals surface area (Å²) in [5, 5.41) is 11.9. The van der Waals surface area contributed by atoms with Gasteiger partial charge < -0.3 is 10.4 Å². The second-order valence-electron chi connectivity index (χ2n) is 3.26. The molecule has 1 amide bonds. The van der Waals surface area contributed by atoms with Gasteiger partial charge in [-0.15, -0.1) is 0 Å². The lowest BCUT2D eigenvalue weighted by Crippen LogP contribution is -2.34. The van der Waals surface area contributed by atoms with Gasteiger partial charge in [-0.3, -0.25) is 9.59 Å². The van der Waals surface area contributed by atoms with Crippen molar-refractivity contribution in [2.24, 2.45) is 0 Å². The maximum atomic E-state index is 11.7. The SMILES string of the molecule is O=C(O)[C@H](Br)[C@@H](Br)C(=O)Nc1ccc(Cl)c(Cl)c1. The van der Waals surface area contributed by atoms with E-state index in [-0.39, 0.29) is 0 Å². The number of aliphatic carboxylic acids is 1. The summed E-state index contributed by atoms with van der Waals surface area (Å²) >= 11 is 17.4. The molecule has 18 heavy (non-hydrogen) atoms. The standard InChI is InChI=1S/C10H7Br2Cl2NO3/c11-7(8(12)10(17)18)9(16)15-4-1-2-5(13)6(14)3-4/h1-3,7-8H,(H,15,16)(H,17,18)/t7-,8-/m1/s1. The van der Waals surface area contributed by atoms with Crippen LogP contribution in [-0.2, 0) is 9.59 Å². The zero-order valence-electron chi connectivity index (χ0n) is 8.66. The molecule has 2 atom stereocenters. The molecule has 0 saturated carbocycles. The van der Waals surface area contributed by atoms with Gasteiger partial charge in [0.2, 0.25) is 5.91 Å². The molecule has 0 fully saturated rings. The summed E-state index contributed by atoms with van der Waals surface area (Å²) < 4.78 is 0. The van der Waals surface area contributed by atoms with Crippen LogP contribution in [0.1, 0.15) is 0 Å². The Bertz CT molecular complexity index is 484. The second kappa shape index (κ2) is 6.75. The fraction of sp³-hybridized carbons (Fsp3) is 0.200. The third-order valence-electron chi connectivity index (χ3n) is 1.93. The van der Waals surface area contributed by atoms with Gasteiger partial charge in [0.15, 0.2) is 0 Å². The predicted molar refractivity (Wildman–Crippen MR) is 78.2 cm³/mol. The zero-order chi connectivity index (χ0) is 13.9. The van der Waals surface area contributed by atoms with Gasteiger partial charge in [-0.1, -0.05) is 55.1 Å². The molecule has 0 aliphatic rings. The Morgan fingerprint density at radius 2 is 1.78 bits per heavy atom. The Kier molecular flexibility index (Phi) is 5.91. The molecule has 98 valence electrons. The number of carbonyl (C=O) groups is 2. The third kappa shape index (κ3) is 4.12. The molecule has 0 spiro atoms. The number of benzene rings is 1. The third-order valence-corrected chi connectivity index (χ3v) is 5.24. The number of nitrogens with one attached hydrogen (secondary N) is 1. The highest BCUT2D eigenvalue weighted by Gasteiger charge is 2.29. The summed E-state index contributed by atoms with van der Waals surface area (Å²) in [5.41, 5.74) is 0.434. The number of carbonyl (C=O) groups excluding carboxylic acids is 1. The first-order valence-electron chi connectivity index (χ1n) is 4.59. The van der Waals surface area contributed by atoms with Gasteiger partial charge in [0.05, 0.1) is 10.0 Å². The molecule has 1 rings (SSSR count). The zero-order valence-corrected chi connectivity index (χ0v) is 13.3. The first kappa shape index (κ1) is 15.8. The van der Waals surface area contributed by atoms with E-state index in [9.17, 15) is 9.59 Å². The highest BCUT2D eigenvalue weighted by molar-refractivity contribution is 9.12. The number of amides is 1. The van der Waals surface area contributed by atoms with Crippen LogP contribution in [0.4, 0.5) is 5.69 Å². The van der Waals surface area contributed by atoms with Crippen molar-refractivity contribution in [3.05, 3.63) is 28.2 Å². The van der Waals surface area contributed by atoms with Gasteiger partial charge in [-0.25, -0.2) is 0 Å². The van der Waals surface area contributed by atoms with Crippen molar-refractivity contribution in [1.82, 2.24) is 0 Å². The molecule has 0 unspecified atom stereocenters. The minimum Gasteiger partial charge on any atom is -0.480 e. The Hall–Kier alpha value is -0.300. The number of anilines is 1. The van der Waals surface area contributed by atoms with Crippen LogP contribution in [0.5, 0.6) is 0 Å². The Morgan fingerprint density at radius 3 is 2.28 bits per heavy atom. The number of rotatable bonds is 4. The summed E-state index contributed by atoms with van der Waals surface area (Å²) in [6.45, 7) is 0. The van der Waals surface area contributed by atoms with Crippen molar-refractivity contribution < 1.29 is 14.7 Å². The maximum Gasteiger partial charge on any atom is 0.318 e. The average Bonchev–Trinajstić information content (AvgIpc) is 2.31. The number of carboxylic acid groups (broad SMARTS) is 1. The minimum atomic E-state index is -1.14. The van der Waals surface area contributed by atoms with E-state index in [2.05, 4.69) is 37.2 Å². The van der Waals surface area contributed by atoms with E-state index in [0.29, 0.717) is 15.7 Å². The predicted octanol–water partition coefficient (Wildman–Crippen LogP) is 3.54. The van der Waals surface area contributed by atoms with Gasteiger partial charge in [-0.05, 0) is 18.2 Å². The van der Waals surface area contributed by atoms with Crippen molar-refractivity contribution >= 4 is 72.6 Å². The monoisotopic (exact) mass is 417 g/mol. The van der Waals surface area contributed by atoms with Crippen LogP contribution >= 0.6 is 55.1 Å². The van der Waals surface area contributed by atoms with E-state index >= 15 is 0 Å². The summed E-state index contributed by atoms with van der Waals surface area (Å²) in [6.07, 6.45) is 0. The summed E-state index contributed by atoms with van der Waals surface area (Å²) in [6, 6.07) is 4.58. The van der Waals surface area contributed by atoms with Crippen LogP contribution < -0.4 is 5.32 Å². The topological polar surface area (TPSA) is 66.4 Å². The van der Waals surface area contributed by atoms with Crippen LogP contribution in [0.3, 0.4) is 0 Å². The molecular weight excluding hydrogens is 413 g/mol. The molecule has 0 saturated heterocycles. The van der Waals surface area contributed by atoms with E-state index < -0.39 is 21.5 Å². The first-order chi connectivity index (χ1) is 8.32. The molecule has 0 aliphatic heterocycles. The lowest BCUT2D eigenvalue weighted by Gasteiger charge is -2.13. The summed E-state index contributed by atoms with van der Waals surface area (Å²) in [4.78, 5) is 20.5. The molecule has 2 N–H and O–H groups in total. The number of alkyl halides is 2. The molecule has 0 aliphatic carbocycles. The van der Waals surface area contributed by atoms with E-state index in [1.54, 1.807) is 6.07 Å². The molecule has 0 radical (unpaired) electrons. The summed E-state index contributed by atoms with van der Waals surface area (Å²) in [7, 11) is 0. The van der Waals surface area contributed by atoms with E-state index in [0.717, 1.165) is 0 Å². The Morgan fingerprint density at radius 1 is 1.17 bits per heavy atom. The maximum absolute atomic E-state index is 11.7. The molecule has 1 aromatic rings. The lowest BCUT2D eigenvalue weighted by molar-refractivity contribution is -0.137. The van der Waals surface area contributed by atoms with E-state index in [4.69, 9.17) is 28.3 Å². The number of carboxylic acids is 1. The van der Waals surface area contributed by atoms with Crippen molar-refractivity contribution in [3.8, 4) is 0 Å². The highest BCUT2D eigenvalue weighted by atomic mass is 79.9. The summed E-state index contributed by atoms with van der Waals surface area (Å²) in [5.74, 6) is -1.64. The van der Waals surface area contributed by atoms with Crippen molar-refractivity contribution in [2.75, 3.05) is 5.32 Å². The fourth-order valence-corrected chi connectivity index (χ4v) is 1.92. The fourth-order valence-electron chi connectivity index (χ4n) is 1.04. The van der Waals surface area contributed by atoms with Gasteiger partial charge in [0.1, 0.15) is 9.65 Å². The number of hydrogen-bond acceptors (Lipinski definition) is 2. The largest absolute Gasteiger partial charge is 0.480 e. The number of halogens is 4. The molecule has 4 nitrogen and oxygen atoms in total. The van der Waals surface area contributed by atoms with Crippen LogP contribution in [0.15, 0.2) is 18.2 Å². The molecule has 0 aromatic heterocycles. The van der Waals surface area contributed by atoms with E-state index in [1.807, 2.05) is 0 Å². The molecule has 0 bridgehead atoms. The second-order valence-corrected chi connectivity index (χ2v) is 6.05. The molecule has 0 heterocycles. The van der Waals surface area contributed by atoms with Crippen LogP contribution in [0.2, 0.25) is 10.0 Å². The van der Waals surface area contributed by atoms with Gasteiger partial charge in [0.25, 0.3) is 0 Å². The van der Waals surface area contributed by atoms with Gasteiger partial charge in [0, 0.05) is 5.69 Å². The van der Waals surface area contributed by atoms with E-state index in [1.165, 1.54) is 12.1 Å². The quantitative estimate of drug-likeness (QED) is 0.733. The molecular formula is C10H7Br2Cl2NO3. The number of hydrogen-bond donors (Lipinski definition) is 2. The van der Waals surface area contributed by atoms with Gasteiger partial charge in [-0.2, -0.15) is 0 Å². The highest BCUT2D eigenvalue weighted by Crippen LogP contribution is 2.25. The lowest BCUT2D eigenvalue weighted by atomic mass is 10.2. The molecule has 8 heteroatoms. The normalized spacial score (nSPS) is 13.8. The van der Waals surface area contributed by atoms with Gasteiger partial charge >= 0.3 is 5.97 Å². The van der Waals surface area contributed by atoms with Crippen LogP contribution in [0, 0.1) is 0 Å². The van der Waals surface area contributed by atoms with Crippen molar-refractivity contribution in [2.45, 2.75) is 9.65 Å². The Balaban J connectivity index is 2.75. The molecule has 1 aromatic carbocycles. The first-order valence-corrected chi connectivity index (χ1v) is 7.18. The van der Waals surface area contributed by atoms with Crippen LogP contribution in [0.25, 0.3) is 0 Å². The van der Waals surface area contributed by atoms with Crippen molar-refractivity contribution in [3.63, 3.8) is 0 Å². The minimum absolute atomic E-state index is 0.300. The van der Waals surface area contributed by atoms with Crippen LogP contribution in [-0.4, -0.2) is 26.6 Å². The van der Waals surface area contributed by atoms with Crippen molar-refractivity contribution in [1.29, 1.82) is 0 Å².